The minimum Gasteiger partial charge on any atom is -0.466 e. The molecular formula is C30H31NO4. The molecule has 180 valence electrons. The lowest BCUT2D eigenvalue weighted by Crippen LogP contribution is -2.16. The summed E-state index contributed by atoms with van der Waals surface area (Å²) in [7, 11) is 0. The second-order valence-corrected chi connectivity index (χ2v) is 8.97. The SMILES string of the molecule is CCOC(=O)CC(=O)CC(O)/C=C/c1c(-c2ccccc2)c2c3ccccc3ccn2c1C(C)C. The van der Waals surface area contributed by atoms with E-state index < -0.39 is 12.1 Å². The maximum absolute atomic E-state index is 12.2. The molecule has 0 saturated carbocycles. The summed E-state index contributed by atoms with van der Waals surface area (Å²) in [6.07, 6.45) is 4.22. The van der Waals surface area contributed by atoms with Crippen molar-refractivity contribution >= 4 is 34.1 Å². The summed E-state index contributed by atoms with van der Waals surface area (Å²) in [6, 6.07) is 20.7. The number of aromatic nitrogens is 1. The van der Waals surface area contributed by atoms with E-state index in [2.05, 4.69) is 54.8 Å². The predicted octanol–water partition coefficient (Wildman–Crippen LogP) is 6.17. The number of esters is 1. The Hall–Kier alpha value is -3.70. The van der Waals surface area contributed by atoms with E-state index in [1.54, 1.807) is 13.0 Å². The Bertz CT molecular complexity index is 1380. The molecule has 2 heterocycles. The Kier molecular flexibility index (Phi) is 7.47. The van der Waals surface area contributed by atoms with E-state index in [1.807, 2.05) is 36.4 Å². The van der Waals surface area contributed by atoms with Gasteiger partial charge in [0.05, 0.1) is 18.2 Å². The van der Waals surface area contributed by atoms with Gasteiger partial charge in [-0.25, -0.2) is 0 Å². The van der Waals surface area contributed by atoms with Crippen LogP contribution in [0.4, 0.5) is 0 Å². The number of hydrogen-bond acceptors (Lipinski definition) is 4. The number of carbonyl (C=O) groups excluding carboxylic acids is 2. The predicted molar refractivity (Wildman–Crippen MR) is 140 cm³/mol. The van der Waals surface area contributed by atoms with Gasteiger partial charge in [0.25, 0.3) is 0 Å². The van der Waals surface area contributed by atoms with Crippen LogP contribution in [0, 0.1) is 0 Å². The molecule has 1 unspecified atom stereocenters. The second-order valence-electron chi connectivity index (χ2n) is 8.97. The first-order valence-corrected chi connectivity index (χ1v) is 12.0. The standard InChI is InChI=1S/C30H31NO4/c1-4-35-27(34)19-24(33)18-23(32)14-15-26-28(22-11-6-5-7-12-22)30-25-13-9-8-10-21(25)16-17-31(30)29(26)20(2)3/h5-17,20,23,32H,4,18-19H2,1-3H3/b15-14+. The Balaban J connectivity index is 1.82. The van der Waals surface area contributed by atoms with Crippen LogP contribution in [-0.4, -0.2) is 34.0 Å². The van der Waals surface area contributed by atoms with Crippen LogP contribution in [0.5, 0.6) is 0 Å². The van der Waals surface area contributed by atoms with E-state index in [4.69, 9.17) is 4.74 Å². The van der Waals surface area contributed by atoms with Crippen LogP contribution < -0.4 is 0 Å². The normalized spacial score (nSPS) is 12.6. The van der Waals surface area contributed by atoms with E-state index >= 15 is 0 Å². The minimum absolute atomic E-state index is 0.136. The van der Waals surface area contributed by atoms with Crippen LogP contribution in [0.3, 0.4) is 0 Å². The van der Waals surface area contributed by atoms with E-state index in [-0.39, 0.29) is 31.1 Å². The number of carbonyl (C=O) groups is 2. The Labute approximate surface area is 205 Å². The molecule has 35 heavy (non-hydrogen) atoms. The number of pyridine rings is 1. The summed E-state index contributed by atoms with van der Waals surface area (Å²) in [6.45, 7) is 6.23. The average molecular weight is 470 g/mol. The molecule has 4 aromatic rings. The Morgan fingerprint density at radius 2 is 1.74 bits per heavy atom. The van der Waals surface area contributed by atoms with Crippen molar-refractivity contribution in [1.82, 2.24) is 4.40 Å². The smallest absolute Gasteiger partial charge is 0.313 e. The van der Waals surface area contributed by atoms with Gasteiger partial charge in [0.2, 0.25) is 0 Å². The number of hydrogen-bond donors (Lipinski definition) is 1. The van der Waals surface area contributed by atoms with Crippen LogP contribution in [0.1, 0.15) is 50.8 Å². The minimum atomic E-state index is -1.000. The van der Waals surface area contributed by atoms with E-state index in [0.29, 0.717) is 0 Å². The third-order valence-electron chi connectivity index (χ3n) is 6.08. The number of aliphatic hydroxyl groups excluding tert-OH is 1. The van der Waals surface area contributed by atoms with Gasteiger partial charge in [0.15, 0.2) is 0 Å². The molecule has 0 aliphatic carbocycles. The van der Waals surface area contributed by atoms with Gasteiger partial charge in [-0.05, 0) is 29.9 Å². The monoisotopic (exact) mass is 469 g/mol. The van der Waals surface area contributed by atoms with Gasteiger partial charge in [-0.15, -0.1) is 0 Å². The van der Waals surface area contributed by atoms with Crippen molar-refractivity contribution in [2.24, 2.45) is 0 Å². The van der Waals surface area contributed by atoms with Crippen molar-refractivity contribution in [1.29, 1.82) is 0 Å². The molecule has 2 aromatic heterocycles. The number of rotatable bonds is 9. The lowest BCUT2D eigenvalue weighted by atomic mass is 9.95. The van der Waals surface area contributed by atoms with E-state index in [9.17, 15) is 14.7 Å². The summed E-state index contributed by atoms with van der Waals surface area (Å²) in [4.78, 5) is 23.8. The molecule has 0 fully saturated rings. The van der Waals surface area contributed by atoms with Crippen molar-refractivity contribution in [3.8, 4) is 11.1 Å². The summed E-state index contributed by atoms with van der Waals surface area (Å²) >= 11 is 0. The van der Waals surface area contributed by atoms with Crippen LogP contribution in [0.2, 0.25) is 0 Å². The number of ketones is 1. The highest BCUT2D eigenvalue weighted by atomic mass is 16.5. The molecule has 5 heteroatoms. The van der Waals surface area contributed by atoms with Crippen molar-refractivity contribution < 1.29 is 19.4 Å². The first-order chi connectivity index (χ1) is 16.9. The molecule has 0 aliphatic heterocycles. The average Bonchev–Trinajstić information content (AvgIpc) is 3.18. The van der Waals surface area contributed by atoms with Crippen molar-refractivity contribution in [2.45, 2.75) is 45.6 Å². The van der Waals surface area contributed by atoms with Gasteiger partial charge in [0, 0.05) is 34.8 Å². The number of aliphatic hydroxyl groups is 1. The fourth-order valence-electron chi connectivity index (χ4n) is 4.67. The van der Waals surface area contributed by atoms with Gasteiger partial charge >= 0.3 is 5.97 Å². The second kappa shape index (κ2) is 10.7. The molecule has 0 aliphatic rings. The molecule has 0 amide bonds. The maximum atomic E-state index is 12.2. The molecule has 0 radical (unpaired) electrons. The van der Waals surface area contributed by atoms with Gasteiger partial charge < -0.3 is 14.2 Å². The quantitative estimate of drug-likeness (QED) is 0.235. The van der Waals surface area contributed by atoms with Gasteiger partial charge in [0.1, 0.15) is 12.2 Å². The largest absolute Gasteiger partial charge is 0.466 e. The third kappa shape index (κ3) is 5.20. The molecule has 5 nitrogen and oxygen atoms in total. The molecule has 1 atom stereocenters. The fourth-order valence-corrected chi connectivity index (χ4v) is 4.67. The highest BCUT2D eigenvalue weighted by Crippen LogP contribution is 2.40. The van der Waals surface area contributed by atoms with Crippen LogP contribution in [-0.2, 0) is 14.3 Å². The van der Waals surface area contributed by atoms with Crippen LogP contribution in [0.15, 0.2) is 72.9 Å². The number of nitrogens with zero attached hydrogens (tertiary/aromatic N) is 1. The summed E-state index contributed by atoms with van der Waals surface area (Å²) in [5.41, 5.74) is 5.43. The number of benzene rings is 2. The van der Waals surface area contributed by atoms with Gasteiger partial charge in [-0.3, -0.25) is 9.59 Å². The molecule has 2 aromatic carbocycles. The first kappa shape index (κ1) is 24.4. The molecular weight excluding hydrogens is 438 g/mol. The summed E-state index contributed by atoms with van der Waals surface area (Å²) in [5, 5.41) is 12.9. The van der Waals surface area contributed by atoms with E-state index in [1.165, 1.54) is 0 Å². The number of fused-ring (bicyclic) bond motifs is 3. The van der Waals surface area contributed by atoms with Crippen molar-refractivity contribution in [3.63, 3.8) is 0 Å². The van der Waals surface area contributed by atoms with Crippen LogP contribution >= 0.6 is 0 Å². The molecule has 0 spiro atoms. The zero-order chi connectivity index (χ0) is 24.9. The first-order valence-electron chi connectivity index (χ1n) is 12.0. The summed E-state index contributed by atoms with van der Waals surface area (Å²) in [5.74, 6) is -0.697. The van der Waals surface area contributed by atoms with Crippen molar-refractivity contribution in [2.75, 3.05) is 6.61 Å². The lowest BCUT2D eigenvalue weighted by molar-refractivity contribution is -0.145. The number of Topliss-reactive ketones (excluding diaryl/α,β-unsaturated/α-hetero) is 1. The van der Waals surface area contributed by atoms with Gasteiger partial charge in [-0.1, -0.05) is 80.6 Å². The Morgan fingerprint density at radius 1 is 1.03 bits per heavy atom. The highest BCUT2D eigenvalue weighted by molar-refractivity contribution is 6.06. The molecule has 4 rings (SSSR count). The molecule has 1 N–H and O–H groups in total. The van der Waals surface area contributed by atoms with Crippen LogP contribution in [0.25, 0.3) is 33.5 Å². The Morgan fingerprint density at radius 3 is 2.46 bits per heavy atom. The number of ether oxygens (including phenoxy) is 1. The van der Waals surface area contributed by atoms with Crippen molar-refractivity contribution in [3.05, 3.63) is 84.2 Å². The zero-order valence-electron chi connectivity index (χ0n) is 20.4. The molecule has 0 saturated heterocycles. The van der Waals surface area contributed by atoms with Gasteiger partial charge in [-0.2, -0.15) is 0 Å². The van der Waals surface area contributed by atoms with E-state index in [0.717, 1.165) is 38.7 Å². The summed E-state index contributed by atoms with van der Waals surface area (Å²) < 4.78 is 7.08. The third-order valence-corrected chi connectivity index (χ3v) is 6.08. The molecule has 0 bridgehead atoms. The topological polar surface area (TPSA) is 68.0 Å². The zero-order valence-corrected chi connectivity index (χ0v) is 20.4. The fraction of sp³-hybridized carbons (Fsp3) is 0.267. The lowest BCUT2D eigenvalue weighted by Gasteiger charge is -2.10. The maximum Gasteiger partial charge on any atom is 0.313 e. The highest BCUT2D eigenvalue weighted by Gasteiger charge is 2.22.